The molecule has 0 radical (unpaired) electrons. The minimum absolute atomic E-state index is 0.123. The molecule has 6 heteroatoms. The number of carbonyl (C=O) groups is 2. The Bertz CT molecular complexity index is 845. The molecule has 0 N–H and O–H groups in total. The van der Waals surface area contributed by atoms with E-state index >= 15 is 0 Å². The molecule has 0 heterocycles. The van der Waals surface area contributed by atoms with Crippen LogP contribution >= 0.6 is 0 Å². The van der Waals surface area contributed by atoms with Gasteiger partial charge in [0.2, 0.25) is 0 Å². The lowest BCUT2D eigenvalue weighted by molar-refractivity contribution is -0.183. The molecule has 6 nitrogen and oxygen atoms in total. The molecule has 0 bridgehead atoms. The van der Waals surface area contributed by atoms with Crippen LogP contribution in [0.25, 0.3) is 0 Å². The van der Waals surface area contributed by atoms with Crippen LogP contribution in [-0.2, 0) is 43.2 Å². The predicted octanol–water partition coefficient (Wildman–Crippen LogP) is 3.10. The summed E-state index contributed by atoms with van der Waals surface area (Å²) in [5.74, 6) is -0.646. The normalized spacial score (nSPS) is 17.6. The van der Waals surface area contributed by atoms with Crippen molar-refractivity contribution >= 4 is 11.9 Å². The Balaban J connectivity index is 2.02. The van der Waals surface area contributed by atoms with Gasteiger partial charge < -0.3 is 18.9 Å². The van der Waals surface area contributed by atoms with Gasteiger partial charge in [0.15, 0.2) is 5.41 Å². The van der Waals surface area contributed by atoms with Gasteiger partial charge in [-0.25, -0.2) is 0 Å². The standard InChI is InChI=1S/C23H26O6/c1-26-19-11-9-17-10-12-20(29-15-16-7-5-4-6-8-16)23(21(24)27-2,22(25)28-3)14-18(17)13-19/h4-9,11,13,20H,10,12,14-15H2,1-3H3/t20-/m1/s1. The van der Waals surface area contributed by atoms with Crippen molar-refractivity contribution in [2.24, 2.45) is 5.41 Å². The highest BCUT2D eigenvalue weighted by atomic mass is 16.6. The van der Waals surface area contributed by atoms with E-state index in [-0.39, 0.29) is 13.0 Å². The molecule has 0 fully saturated rings. The number of esters is 2. The Morgan fingerprint density at radius 3 is 2.28 bits per heavy atom. The molecule has 0 unspecified atom stereocenters. The summed E-state index contributed by atoms with van der Waals surface area (Å²) in [6.07, 6.45) is 0.574. The largest absolute Gasteiger partial charge is 0.497 e. The second-order valence-electron chi connectivity index (χ2n) is 7.09. The number of hydrogen-bond acceptors (Lipinski definition) is 6. The van der Waals surface area contributed by atoms with E-state index in [4.69, 9.17) is 18.9 Å². The van der Waals surface area contributed by atoms with Gasteiger partial charge in [-0.15, -0.1) is 0 Å². The molecule has 0 saturated carbocycles. The molecule has 0 aliphatic heterocycles. The van der Waals surface area contributed by atoms with E-state index in [1.165, 1.54) is 14.2 Å². The third kappa shape index (κ3) is 4.12. The van der Waals surface area contributed by atoms with Crippen LogP contribution in [0.15, 0.2) is 48.5 Å². The van der Waals surface area contributed by atoms with Crippen LogP contribution in [0.3, 0.4) is 0 Å². The highest BCUT2D eigenvalue weighted by Crippen LogP contribution is 2.40. The van der Waals surface area contributed by atoms with E-state index in [9.17, 15) is 9.59 Å². The average molecular weight is 398 g/mol. The monoisotopic (exact) mass is 398 g/mol. The van der Waals surface area contributed by atoms with E-state index in [1.54, 1.807) is 7.11 Å². The van der Waals surface area contributed by atoms with Gasteiger partial charge in [0, 0.05) is 6.42 Å². The zero-order valence-corrected chi connectivity index (χ0v) is 17.0. The lowest BCUT2D eigenvalue weighted by atomic mass is 9.76. The Labute approximate surface area is 170 Å². The lowest BCUT2D eigenvalue weighted by Gasteiger charge is -2.34. The Hall–Kier alpha value is -2.86. The molecule has 29 heavy (non-hydrogen) atoms. The number of carbonyl (C=O) groups excluding carboxylic acids is 2. The Kier molecular flexibility index (Phi) is 6.54. The summed E-state index contributed by atoms with van der Waals surface area (Å²) in [5, 5.41) is 0. The number of methoxy groups -OCH3 is 3. The van der Waals surface area contributed by atoms with Crippen LogP contribution in [0.5, 0.6) is 5.75 Å². The summed E-state index contributed by atoms with van der Waals surface area (Å²) in [7, 11) is 4.13. The van der Waals surface area contributed by atoms with Gasteiger partial charge in [-0.05, 0) is 41.7 Å². The summed E-state index contributed by atoms with van der Waals surface area (Å²) in [6.45, 7) is 0.279. The number of fused-ring (bicyclic) bond motifs is 1. The fourth-order valence-electron chi connectivity index (χ4n) is 3.94. The van der Waals surface area contributed by atoms with E-state index in [2.05, 4.69) is 0 Å². The maximum Gasteiger partial charge on any atom is 0.326 e. The number of benzene rings is 2. The van der Waals surface area contributed by atoms with Crippen molar-refractivity contribution < 1.29 is 28.5 Å². The first-order valence-corrected chi connectivity index (χ1v) is 9.53. The van der Waals surface area contributed by atoms with E-state index in [1.807, 2.05) is 48.5 Å². The average Bonchev–Trinajstić information content (AvgIpc) is 2.94. The summed E-state index contributed by atoms with van der Waals surface area (Å²) < 4.78 is 21.6. The van der Waals surface area contributed by atoms with Gasteiger partial charge in [-0.3, -0.25) is 9.59 Å². The first-order valence-electron chi connectivity index (χ1n) is 9.53. The van der Waals surface area contributed by atoms with Crippen LogP contribution in [0.4, 0.5) is 0 Å². The molecule has 1 atom stereocenters. The Morgan fingerprint density at radius 1 is 0.966 bits per heavy atom. The van der Waals surface area contributed by atoms with Crippen LogP contribution < -0.4 is 4.74 Å². The van der Waals surface area contributed by atoms with Gasteiger partial charge in [-0.2, -0.15) is 0 Å². The van der Waals surface area contributed by atoms with Crippen molar-refractivity contribution in [1.29, 1.82) is 0 Å². The number of ether oxygens (including phenoxy) is 4. The minimum Gasteiger partial charge on any atom is -0.497 e. The maximum absolute atomic E-state index is 13.0. The molecule has 2 aromatic carbocycles. The molecule has 0 aromatic heterocycles. The Morgan fingerprint density at radius 2 is 1.66 bits per heavy atom. The topological polar surface area (TPSA) is 71.1 Å². The summed E-state index contributed by atoms with van der Waals surface area (Å²) >= 11 is 0. The van der Waals surface area contributed by atoms with Crippen LogP contribution in [0, 0.1) is 5.41 Å². The van der Waals surface area contributed by atoms with Crippen molar-refractivity contribution in [2.45, 2.75) is 32.0 Å². The summed E-state index contributed by atoms with van der Waals surface area (Å²) in [4.78, 5) is 26.0. The summed E-state index contributed by atoms with van der Waals surface area (Å²) in [6, 6.07) is 15.3. The van der Waals surface area contributed by atoms with Gasteiger partial charge in [0.25, 0.3) is 0 Å². The fourth-order valence-corrected chi connectivity index (χ4v) is 3.94. The fraction of sp³-hybridized carbons (Fsp3) is 0.391. The second kappa shape index (κ2) is 9.09. The van der Waals surface area contributed by atoms with Crippen molar-refractivity contribution in [2.75, 3.05) is 21.3 Å². The van der Waals surface area contributed by atoms with Gasteiger partial charge in [-0.1, -0.05) is 36.4 Å². The van der Waals surface area contributed by atoms with E-state index < -0.39 is 23.5 Å². The second-order valence-corrected chi connectivity index (χ2v) is 7.09. The third-order valence-corrected chi connectivity index (χ3v) is 5.50. The highest BCUT2D eigenvalue weighted by Gasteiger charge is 2.56. The summed E-state index contributed by atoms with van der Waals surface area (Å²) in [5.41, 5.74) is 1.27. The van der Waals surface area contributed by atoms with Crippen molar-refractivity contribution in [3.05, 3.63) is 65.2 Å². The van der Waals surface area contributed by atoms with E-state index in [0.29, 0.717) is 18.6 Å². The van der Waals surface area contributed by atoms with Crippen molar-refractivity contribution in [3.63, 3.8) is 0 Å². The molecule has 0 spiro atoms. The zero-order chi connectivity index (χ0) is 20.9. The molecule has 0 amide bonds. The first-order chi connectivity index (χ1) is 14.0. The quantitative estimate of drug-likeness (QED) is 0.423. The number of aryl methyl sites for hydroxylation is 1. The van der Waals surface area contributed by atoms with Crippen molar-refractivity contribution in [1.82, 2.24) is 0 Å². The molecule has 2 aromatic rings. The highest BCUT2D eigenvalue weighted by molar-refractivity contribution is 6.01. The van der Waals surface area contributed by atoms with Gasteiger partial charge in [0.05, 0.1) is 34.0 Å². The molecule has 0 saturated heterocycles. The van der Waals surface area contributed by atoms with Crippen LogP contribution in [0.1, 0.15) is 23.1 Å². The smallest absolute Gasteiger partial charge is 0.326 e. The first kappa shape index (κ1) is 20.9. The van der Waals surface area contributed by atoms with E-state index in [0.717, 1.165) is 16.7 Å². The number of rotatable bonds is 6. The van der Waals surface area contributed by atoms with Gasteiger partial charge in [0.1, 0.15) is 5.75 Å². The molecular weight excluding hydrogens is 372 g/mol. The van der Waals surface area contributed by atoms with Crippen molar-refractivity contribution in [3.8, 4) is 5.75 Å². The molecule has 3 rings (SSSR count). The molecule has 154 valence electrons. The molecule has 1 aliphatic carbocycles. The third-order valence-electron chi connectivity index (χ3n) is 5.50. The van der Waals surface area contributed by atoms with Gasteiger partial charge >= 0.3 is 11.9 Å². The van der Waals surface area contributed by atoms with Crippen LogP contribution in [-0.4, -0.2) is 39.4 Å². The number of hydrogen-bond donors (Lipinski definition) is 0. The maximum atomic E-state index is 13.0. The minimum atomic E-state index is -1.59. The zero-order valence-electron chi connectivity index (χ0n) is 17.0. The SMILES string of the molecule is COC(=O)C1(C(=O)OC)Cc2cc(OC)ccc2CC[C@H]1OCc1ccccc1. The predicted molar refractivity (Wildman–Crippen MR) is 107 cm³/mol. The lowest BCUT2D eigenvalue weighted by Crippen LogP contribution is -2.52. The molecular formula is C23H26O6. The van der Waals surface area contributed by atoms with Crippen LogP contribution in [0.2, 0.25) is 0 Å². The molecule has 1 aliphatic rings.